The smallest absolute Gasteiger partial charge is 0.258 e. The van der Waals surface area contributed by atoms with Crippen molar-refractivity contribution in [3.05, 3.63) is 100 Å². The molecule has 7 rings (SSSR count). The molecule has 2 aliphatic heterocycles. The van der Waals surface area contributed by atoms with E-state index in [1.165, 1.54) is 30.2 Å². The molecule has 4 aliphatic rings. The third-order valence-corrected chi connectivity index (χ3v) is 11.9. The Kier molecular flexibility index (Phi) is 7.42. The molecule has 4 amide bonds. The van der Waals surface area contributed by atoms with Crippen molar-refractivity contribution in [1.29, 1.82) is 0 Å². The topological polar surface area (TPSA) is 104 Å². The van der Waals surface area contributed by atoms with Gasteiger partial charge in [-0.15, -0.1) is 23.2 Å². The Morgan fingerprint density at radius 1 is 0.957 bits per heavy atom. The van der Waals surface area contributed by atoms with E-state index in [1.54, 1.807) is 36.4 Å². The number of carbonyl (C=O) groups excluding carboxylic acids is 4. The summed E-state index contributed by atoms with van der Waals surface area (Å²) in [5.74, 6) is -6.66. The van der Waals surface area contributed by atoms with Crippen LogP contribution in [0, 0.1) is 23.6 Å². The summed E-state index contributed by atoms with van der Waals surface area (Å²) in [6.07, 6.45) is 3.43. The van der Waals surface area contributed by atoms with Crippen LogP contribution in [0.1, 0.15) is 29.9 Å². The zero-order valence-corrected chi connectivity index (χ0v) is 27.9. The van der Waals surface area contributed by atoms with Gasteiger partial charge in [0.2, 0.25) is 11.8 Å². The number of nitrogens with zero attached hydrogens (tertiary/aromatic N) is 2. The number of alkyl halides is 2. The molecular weight excluding hydrogens is 714 g/mol. The van der Waals surface area contributed by atoms with Crippen LogP contribution in [0.5, 0.6) is 11.5 Å². The van der Waals surface area contributed by atoms with Gasteiger partial charge in [-0.05, 0) is 94.3 Å². The van der Waals surface area contributed by atoms with Crippen molar-refractivity contribution in [3.63, 3.8) is 0 Å². The fraction of sp³-hybridized carbons (Fsp3) is 0.257. The molecule has 1 N–H and O–H groups in total. The highest BCUT2D eigenvalue weighted by Gasteiger charge is 2.76. The first kappa shape index (κ1) is 31.6. The van der Waals surface area contributed by atoms with Gasteiger partial charge in [0, 0.05) is 5.92 Å². The summed E-state index contributed by atoms with van der Waals surface area (Å²) in [7, 11) is 1.36. The molecule has 8 nitrogen and oxygen atoms in total. The van der Waals surface area contributed by atoms with Gasteiger partial charge in [0.15, 0.2) is 21.2 Å². The van der Waals surface area contributed by atoms with Crippen molar-refractivity contribution in [2.24, 2.45) is 17.8 Å². The highest BCUT2D eigenvalue weighted by molar-refractivity contribution is 9.10. The summed E-state index contributed by atoms with van der Waals surface area (Å²) in [6, 6.07) is 14.7. The number of imide groups is 2. The number of amides is 4. The molecule has 240 valence electrons. The van der Waals surface area contributed by atoms with E-state index in [0.29, 0.717) is 16.8 Å². The standard InChI is InChI=1S/C35H26BrCl2FN2O6/c1-3-17-4-8-20(9-5-17)40-30(43)23-13-12-22-24(27(23)31(40)44)16-34(37)32(45)41(21-10-6-19(39)7-11-21)33(46)35(34,38)28(22)18-14-25(36)29(42)26(15-18)47-2/h3-12,14-15,23-24,27-28,42H,1,13,16H2,2H3. The van der Waals surface area contributed by atoms with Gasteiger partial charge in [0.05, 0.1) is 34.8 Å². The summed E-state index contributed by atoms with van der Waals surface area (Å²) >= 11 is 18.2. The lowest BCUT2D eigenvalue weighted by Gasteiger charge is -2.50. The van der Waals surface area contributed by atoms with Crippen LogP contribution in [0.3, 0.4) is 0 Å². The molecule has 1 saturated carbocycles. The Bertz CT molecular complexity index is 1940. The second-order valence-corrected chi connectivity index (χ2v) is 14.2. The SMILES string of the molecule is C=Cc1ccc(N2C(=O)C3CC=C4C(CC5(Cl)C(=O)N(c6ccc(F)cc6)C(=O)C5(Cl)C4c4cc(Br)c(O)c(OC)c4)C3C2=O)cc1. The largest absolute Gasteiger partial charge is 0.503 e. The Morgan fingerprint density at radius 2 is 1.60 bits per heavy atom. The minimum atomic E-state index is -2.12. The first-order chi connectivity index (χ1) is 22.4. The fourth-order valence-electron chi connectivity index (χ4n) is 7.70. The Hall–Kier alpha value is -3.99. The average Bonchev–Trinajstić information content (AvgIpc) is 3.40. The molecule has 6 atom stereocenters. The summed E-state index contributed by atoms with van der Waals surface area (Å²) < 4.78 is 19.5. The van der Waals surface area contributed by atoms with Gasteiger partial charge in [-0.25, -0.2) is 9.29 Å². The molecule has 2 heterocycles. The summed E-state index contributed by atoms with van der Waals surface area (Å²) in [5, 5.41) is 10.6. The van der Waals surface area contributed by atoms with E-state index >= 15 is 0 Å². The number of benzene rings is 3. The summed E-state index contributed by atoms with van der Waals surface area (Å²) in [5.41, 5.74) is 2.26. The van der Waals surface area contributed by atoms with Gasteiger partial charge >= 0.3 is 0 Å². The molecule has 3 aromatic carbocycles. The minimum Gasteiger partial charge on any atom is -0.503 e. The minimum absolute atomic E-state index is 0.0691. The molecule has 0 bridgehead atoms. The van der Waals surface area contributed by atoms with Crippen LogP contribution in [-0.2, 0) is 19.2 Å². The van der Waals surface area contributed by atoms with Crippen LogP contribution >= 0.6 is 39.1 Å². The summed E-state index contributed by atoms with van der Waals surface area (Å²) in [4.78, 5) is 54.8. The number of allylic oxidation sites excluding steroid dienone is 2. The lowest BCUT2D eigenvalue weighted by atomic mass is 9.56. The van der Waals surface area contributed by atoms with Gasteiger partial charge in [0.25, 0.3) is 11.8 Å². The zero-order chi connectivity index (χ0) is 33.6. The lowest BCUT2D eigenvalue weighted by Crippen LogP contribution is -2.60. The number of rotatable bonds is 5. The number of halogens is 4. The van der Waals surface area contributed by atoms with Crippen LogP contribution in [0.25, 0.3) is 6.08 Å². The van der Waals surface area contributed by atoms with E-state index in [2.05, 4.69) is 22.5 Å². The van der Waals surface area contributed by atoms with Crippen LogP contribution in [0.2, 0.25) is 0 Å². The van der Waals surface area contributed by atoms with Crippen LogP contribution in [0.4, 0.5) is 15.8 Å². The van der Waals surface area contributed by atoms with Crippen LogP contribution in [0.15, 0.2) is 83.4 Å². The fourth-order valence-corrected chi connectivity index (χ4v) is 9.10. The van der Waals surface area contributed by atoms with Gasteiger partial charge in [-0.2, -0.15) is 0 Å². The quantitative estimate of drug-likeness (QED) is 0.177. The molecule has 0 spiro atoms. The van der Waals surface area contributed by atoms with Crippen molar-refractivity contribution in [3.8, 4) is 11.5 Å². The molecule has 3 aromatic rings. The van der Waals surface area contributed by atoms with E-state index in [0.717, 1.165) is 22.6 Å². The normalized spacial score (nSPS) is 29.8. The highest BCUT2D eigenvalue weighted by Crippen LogP contribution is 2.66. The van der Waals surface area contributed by atoms with Crippen molar-refractivity contribution >= 4 is 80.2 Å². The maximum Gasteiger partial charge on any atom is 0.258 e. The first-order valence-corrected chi connectivity index (χ1v) is 16.3. The number of hydrogen-bond acceptors (Lipinski definition) is 6. The molecule has 0 radical (unpaired) electrons. The predicted octanol–water partition coefficient (Wildman–Crippen LogP) is 6.71. The number of carbonyl (C=O) groups is 4. The maximum atomic E-state index is 14.5. The van der Waals surface area contributed by atoms with E-state index in [1.807, 2.05) is 6.08 Å². The van der Waals surface area contributed by atoms with Gasteiger partial charge in [0.1, 0.15) is 5.82 Å². The van der Waals surface area contributed by atoms with Gasteiger partial charge in [-0.3, -0.25) is 24.1 Å². The molecular formula is C35H26BrCl2FN2O6. The summed E-state index contributed by atoms with van der Waals surface area (Å²) in [6.45, 7) is 3.75. The van der Waals surface area contributed by atoms with E-state index < -0.39 is 57.0 Å². The Balaban J connectivity index is 1.41. The molecule has 47 heavy (non-hydrogen) atoms. The Morgan fingerprint density at radius 3 is 2.23 bits per heavy atom. The number of phenols is 1. The number of phenolic OH excluding ortho intramolecular Hbond substituents is 1. The molecule has 3 fully saturated rings. The van der Waals surface area contributed by atoms with Gasteiger partial charge < -0.3 is 9.84 Å². The second-order valence-electron chi connectivity index (χ2n) is 12.1. The third kappa shape index (κ3) is 4.30. The maximum absolute atomic E-state index is 14.5. The molecule has 2 aliphatic carbocycles. The van der Waals surface area contributed by atoms with Crippen LogP contribution in [-0.4, -0.2) is 45.6 Å². The van der Waals surface area contributed by atoms with Crippen molar-refractivity contribution in [2.45, 2.75) is 28.5 Å². The van der Waals surface area contributed by atoms with Gasteiger partial charge in [-0.1, -0.05) is 36.4 Å². The average molecular weight is 740 g/mol. The third-order valence-electron chi connectivity index (χ3n) is 9.89. The first-order valence-electron chi connectivity index (χ1n) is 14.8. The van der Waals surface area contributed by atoms with Crippen molar-refractivity contribution < 1.29 is 33.4 Å². The number of anilines is 2. The molecule has 2 saturated heterocycles. The highest BCUT2D eigenvalue weighted by atomic mass is 79.9. The number of ether oxygens (including phenoxy) is 1. The van der Waals surface area contributed by atoms with E-state index in [-0.39, 0.29) is 40.4 Å². The molecule has 12 heteroatoms. The molecule has 0 aromatic heterocycles. The monoisotopic (exact) mass is 738 g/mol. The zero-order valence-electron chi connectivity index (χ0n) is 24.8. The Labute approximate surface area is 287 Å². The number of aromatic hydroxyl groups is 1. The van der Waals surface area contributed by atoms with E-state index in [4.69, 9.17) is 27.9 Å². The lowest BCUT2D eigenvalue weighted by molar-refractivity contribution is -0.125. The number of methoxy groups -OCH3 is 1. The van der Waals surface area contributed by atoms with Crippen molar-refractivity contribution in [1.82, 2.24) is 0 Å². The van der Waals surface area contributed by atoms with Crippen LogP contribution < -0.4 is 14.5 Å². The predicted molar refractivity (Wildman–Crippen MR) is 178 cm³/mol. The van der Waals surface area contributed by atoms with Crippen molar-refractivity contribution in [2.75, 3.05) is 16.9 Å². The number of fused-ring (bicyclic) bond motifs is 4. The number of hydrogen-bond donors (Lipinski definition) is 1. The van der Waals surface area contributed by atoms with E-state index in [9.17, 15) is 28.7 Å². The molecule has 6 unspecified atom stereocenters. The second kappa shape index (κ2) is 11.0.